The van der Waals surface area contributed by atoms with Crippen molar-refractivity contribution in [2.75, 3.05) is 20.1 Å². The summed E-state index contributed by atoms with van der Waals surface area (Å²) < 4.78 is 0. The van der Waals surface area contributed by atoms with Gasteiger partial charge in [0, 0.05) is 25.6 Å². The maximum Gasteiger partial charge on any atom is 0.222 e. The molecule has 3 heteroatoms. The molecule has 1 saturated heterocycles. The molecule has 0 radical (unpaired) electrons. The Hall–Kier alpha value is -0.570. The van der Waals surface area contributed by atoms with E-state index < -0.39 is 0 Å². The van der Waals surface area contributed by atoms with Gasteiger partial charge in [0.05, 0.1) is 0 Å². The van der Waals surface area contributed by atoms with E-state index >= 15 is 0 Å². The van der Waals surface area contributed by atoms with Crippen LogP contribution in [0.25, 0.3) is 0 Å². The Morgan fingerprint density at radius 2 is 2.12 bits per heavy atom. The van der Waals surface area contributed by atoms with Gasteiger partial charge < -0.3 is 10.2 Å². The monoisotopic (exact) mass is 240 g/mol. The summed E-state index contributed by atoms with van der Waals surface area (Å²) in [6.45, 7) is 8.53. The molecule has 0 aromatic rings. The predicted octanol–water partition coefficient (Wildman–Crippen LogP) is 2.41. The minimum Gasteiger partial charge on any atom is -0.341 e. The van der Waals surface area contributed by atoms with Crippen LogP contribution in [0.5, 0.6) is 0 Å². The third kappa shape index (κ3) is 4.66. The van der Waals surface area contributed by atoms with E-state index in [4.69, 9.17) is 0 Å². The van der Waals surface area contributed by atoms with Crippen LogP contribution in [-0.4, -0.2) is 37.0 Å². The molecule has 1 rings (SSSR count). The fourth-order valence-corrected chi connectivity index (χ4v) is 2.43. The van der Waals surface area contributed by atoms with Gasteiger partial charge in [-0.3, -0.25) is 4.79 Å². The van der Waals surface area contributed by atoms with Crippen molar-refractivity contribution in [3.8, 4) is 0 Å². The number of likely N-dealkylation sites (N-methyl/N-ethyl adjacent to an activating group) is 1. The van der Waals surface area contributed by atoms with Crippen LogP contribution in [0.15, 0.2) is 0 Å². The van der Waals surface area contributed by atoms with Gasteiger partial charge >= 0.3 is 0 Å². The summed E-state index contributed by atoms with van der Waals surface area (Å²) in [5, 5.41) is 3.32. The zero-order valence-electron chi connectivity index (χ0n) is 11.9. The summed E-state index contributed by atoms with van der Waals surface area (Å²) in [6.07, 6.45) is 5.18. The number of nitrogens with zero attached hydrogens (tertiary/aromatic N) is 1. The Labute approximate surface area is 106 Å². The van der Waals surface area contributed by atoms with Crippen LogP contribution in [-0.2, 0) is 4.79 Å². The molecule has 3 nitrogen and oxygen atoms in total. The average Bonchev–Trinajstić information content (AvgIpc) is 2.41. The van der Waals surface area contributed by atoms with Gasteiger partial charge in [0.2, 0.25) is 5.91 Å². The maximum atomic E-state index is 12.1. The number of hydrogen-bond acceptors (Lipinski definition) is 2. The average molecular weight is 240 g/mol. The zero-order chi connectivity index (χ0) is 12.9. The van der Waals surface area contributed by atoms with Crippen molar-refractivity contribution in [2.45, 2.75) is 58.9 Å². The standard InChI is InChI=1S/C14H28N2O/c1-5-6-12(15-4)11-16-10-9-14(2,3)8-7-13(16)17/h12,15H,5-11H2,1-4H3. The van der Waals surface area contributed by atoms with E-state index in [2.05, 4.69) is 31.0 Å². The SMILES string of the molecule is CCCC(CN1CCC(C)(C)CCC1=O)NC. The first-order valence-corrected chi connectivity index (χ1v) is 6.93. The Morgan fingerprint density at radius 1 is 1.41 bits per heavy atom. The third-order valence-electron chi connectivity index (χ3n) is 3.91. The third-order valence-corrected chi connectivity index (χ3v) is 3.91. The molecule has 0 aliphatic carbocycles. The summed E-state index contributed by atoms with van der Waals surface area (Å²) in [5.74, 6) is 0.340. The molecule has 0 aromatic heterocycles. The second-order valence-electron chi connectivity index (χ2n) is 6.03. The molecule has 1 N–H and O–H groups in total. The first-order valence-electron chi connectivity index (χ1n) is 6.93. The van der Waals surface area contributed by atoms with Gasteiger partial charge in [-0.1, -0.05) is 27.2 Å². The summed E-state index contributed by atoms with van der Waals surface area (Å²) in [7, 11) is 1.99. The first kappa shape index (κ1) is 14.5. The van der Waals surface area contributed by atoms with Crippen LogP contribution >= 0.6 is 0 Å². The first-order chi connectivity index (χ1) is 7.98. The van der Waals surface area contributed by atoms with Crippen molar-refractivity contribution in [3.05, 3.63) is 0 Å². The van der Waals surface area contributed by atoms with Crippen molar-refractivity contribution >= 4 is 5.91 Å². The van der Waals surface area contributed by atoms with E-state index in [1.165, 1.54) is 6.42 Å². The van der Waals surface area contributed by atoms with E-state index in [0.29, 0.717) is 17.4 Å². The molecule has 1 atom stereocenters. The quantitative estimate of drug-likeness (QED) is 0.800. The number of hydrogen-bond donors (Lipinski definition) is 1. The summed E-state index contributed by atoms with van der Waals surface area (Å²) in [5.41, 5.74) is 0.324. The summed E-state index contributed by atoms with van der Waals surface area (Å²) >= 11 is 0. The number of rotatable bonds is 5. The van der Waals surface area contributed by atoms with Crippen LogP contribution in [0.4, 0.5) is 0 Å². The van der Waals surface area contributed by atoms with Crippen LogP contribution in [0.1, 0.15) is 52.9 Å². The summed E-state index contributed by atoms with van der Waals surface area (Å²) in [6, 6.07) is 0.449. The molecule has 0 spiro atoms. The number of carbonyl (C=O) groups excluding carboxylic acids is 1. The number of carbonyl (C=O) groups is 1. The topological polar surface area (TPSA) is 32.3 Å². The van der Waals surface area contributed by atoms with Crippen molar-refractivity contribution in [3.63, 3.8) is 0 Å². The molecule has 0 aromatic carbocycles. The fraction of sp³-hybridized carbons (Fsp3) is 0.929. The highest BCUT2D eigenvalue weighted by molar-refractivity contribution is 5.76. The molecule has 1 unspecified atom stereocenters. The van der Waals surface area contributed by atoms with E-state index in [-0.39, 0.29) is 0 Å². The lowest BCUT2D eigenvalue weighted by Crippen LogP contribution is -2.42. The lowest BCUT2D eigenvalue weighted by molar-refractivity contribution is -0.131. The molecule has 17 heavy (non-hydrogen) atoms. The Kier molecular flexibility index (Phi) is 5.44. The molecule has 1 fully saturated rings. The van der Waals surface area contributed by atoms with Gasteiger partial charge in [-0.15, -0.1) is 0 Å². The van der Waals surface area contributed by atoms with Gasteiger partial charge in [-0.05, 0) is 31.7 Å². The van der Waals surface area contributed by atoms with Gasteiger partial charge in [0.25, 0.3) is 0 Å². The van der Waals surface area contributed by atoms with E-state index in [1.807, 2.05) is 7.05 Å². The Morgan fingerprint density at radius 3 is 2.71 bits per heavy atom. The molecule has 0 saturated carbocycles. The molecule has 1 heterocycles. The molecular weight excluding hydrogens is 212 g/mol. The Balaban J connectivity index is 2.54. The Bertz CT molecular complexity index is 251. The predicted molar refractivity (Wildman–Crippen MR) is 72.0 cm³/mol. The second kappa shape index (κ2) is 6.39. The molecule has 1 aliphatic rings. The van der Waals surface area contributed by atoms with Crippen LogP contribution in [0.3, 0.4) is 0 Å². The molecule has 0 bridgehead atoms. The number of nitrogens with one attached hydrogen (secondary N) is 1. The normalized spacial score (nSPS) is 22.4. The van der Waals surface area contributed by atoms with Crippen molar-refractivity contribution in [1.82, 2.24) is 10.2 Å². The lowest BCUT2D eigenvalue weighted by Gasteiger charge is -2.27. The fourth-order valence-electron chi connectivity index (χ4n) is 2.43. The smallest absolute Gasteiger partial charge is 0.222 e. The second-order valence-corrected chi connectivity index (χ2v) is 6.03. The van der Waals surface area contributed by atoms with Crippen LogP contribution in [0, 0.1) is 5.41 Å². The largest absolute Gasteiger partial charge is 0.341 e. The number of amides is 1. The van der Waals surface area contributed by atoms with Crippen LogP contribution in [0.2, 0.25) is 0 Å². The van der Waals surface area contributed by atoms with E-state index in [9.17, 15) is 4.79 Å². The van der Waals surface area contributed by atoms with Gasteiger partial charge in [-0.2, -0.15) is 0 Å². The minimum atomic E-state index is 0.324. The van der Waals surface area contributed by atoms with Gasteiger partial charge in [-0.25, -0.2) is 0 Å². The van der Waals surface area contributed by atoms with E-state index in [1.54, 1.807) is 0 Å². The van der Waals surface area contributed by atoms with Crippen molar-refractivity contribution in [1.29, 1.82) is 0 Å². The van der Waals surface area contributed by atoms with Gasteiger partial charge in [0.1, 0.15) is 0 Å². The highest BCUT2D eigenvalue weighted by Crippen LogP contribution is 2.30. The minimum absolute atomic E-state index is 0.324. The highest BCUT2D eigenvalue weighted by Gasteiger charge is 2.28. The highest BCUT2D eigenvalue weighted by atomic mass is 16.2. The summed E-state index contributed by atoms with van der Waals surface area (Å²) in [4.78, 5) is 14.1. The van der Waals surface area contributed by atoms with Crippen molar-refractivity contribution in [2.24, 2.45) is 5.41 Å². The van der Waals surface area contributed by atoms with Crippen LogP contribution < -0.4 is 5.32 Å². The lowest BCUT2D eigenvalue weighted by atomic mass is 9.85. The van der Waals surface area contributed by atoms with Gasteiger partial charge in [0.15, 0.2) is 0 Å². The number of likely N-dealkylation sites (tertiary alicyclic amines) is 1. The molecule has 1 aliphatic heterocycles. The maximum absolute atomic E-state index is 12.1. The molecule has 1 amide bonds. The van der Waals surface area contributed by atoms with Crippen molar-refractivity contribution < 1.29 is 4.79 Å². The zero-order valence-corrected chi connectivity index (χ0v) is 11.9. The van der Waals surface area contributed by atoms with E-state index in [0.717, 1.165) is 38.8 Å². The molecule has 100 valence electrons. The molecular formula is C14H28N2O.